The molecular weight excluding hydrogens is 500 g/mol. The van der Waals surface area contributed by atoms with Gasteiger partial charge in [0.1, 0.15) is 0 Å². The minimum atomic E-state index is -0.0868. The zero-order chi connectivity index (χ0) is 27.2. The van der Waals surface area contributed by atoms with Crippen LogP contribution in [0.2, 0.25) is 0 Å². The Morgan fingerprint density at radius 1 is 0.897 bits per heavy atom. The summed E-state index contributed by atoms with van der Waals surface area (Å²) in [4.78, 5) is 30.0. The van der Waals surface area contributed by atoms with Crippen molar-refractivity contribution in [3.63, 3.8) is 0 Å². The summed E-state index contributed by atoms with van der Waals surface area (Å²) in [7, 11) is 0. The third-order valence-corrected chi connectivity index (χ3v) is 8.06. The summed E-state index contributed by atoms with van der Waals surface area (Å²) in [5.74, 6) is -0.104. The maximum Gasteiger partial charge on any atom is 0.265 e. The number of anilines is 1. The van der Waals surface area contributed by atoms with E-state index in [9.17, 15) is 9.59 Å². The van der Waals surface area contributed by atoms with Gasteiger partial charge in [0.25, 0.3) is 11.8 Å². The molecule has 1 aliphatic heterocycles. The van der Waals surface area contributed by atoms with E-state index in [2.05, 4.69) is 42.6 Å². The number of carbonyl (C=O) groups is 2. The fraction of sp³-hybridized carbons (Fsp3) is 0.176. The standard InChI is InChI=1S/C34H32N2O2S/c1-24-10-6-7-13-29(24)23-36-30-14-8-9-15-31(30)39-32(34(36)38)22-27-18-20-28(21-19-27)33(37)35-25(2)16-17-26-11-4-3-5-12-26/h3-15,18-22,25H,16-17,23H2,1-2H3,(H,35,37)/b32-22+/t25-/m1/s1. The van der Waals surface area contributed by atoms with Gasteiger partial charge in [0, 0.05) is 16.5 Å². The van der Waals surface area contributed by atoms with Crippen LogP contribution in [0, 0.1) is 6.92 Å². The second-order valence-corrected chi connectivity index (χ2v) is 11.0. The van der Waals surface area contributed by atoms with Crippen LogP contribution in [0.4, 0.5) is 5.69 Å². The lowest BCUT2D eigenvalue weighted by molar-refractivity contribution is -0.114. The highest BCUT2D eigenvalue weighted by atomic mass is 32.2. The molecule has 0 aliphatic carbocycles. The Morgan fingerprint density at radius 2 is 1.59 bits per heavy atom. The van der Waals surface area contributed by atoms with Crippen molar-refractivity contribution in [2.75, 3.05) is 4.90 Å². The molecule has 1 heterocycles. The molecule has 0 fully saturated rings. The van der Waals surface area contributed by atoms with Crippen LogP contribution in [0.25, 0.3) is 6.08 Å². The normalized spacial score (nSPS) is 14.7. The Labute approximate surface area is 234 Å². The highest BCUT2D eigenvalue weighted by Crippen LogP contribution is 2.42. The molecule has 1 N–H and O–H groups in total. The first-order valence-electron chi connectivity index (χ1n) is 13.3. The van der Waals surface area contributed by atoms with E-state index in [1.54, 1.807) is 0 Å². The van der Waals surface area contributed by atoms with Gasteiger partial charge in [-0.05, 0) is 79.3 Å². The van der Waals surface area contributed by atoms with Gasteiger partial charge in [-0.3, -0.25) is 9.59 Å². The first kappa shape index (κ1) is 26.5. The van der Waals surface area contributed by atoms with Crippen molar-refractivity contribution >= 4 is 35.3 Å². The van der Waals surface area contributed by atoms with Crippen LogP contribution < -0.4 is 10.2 Å². The second-order valence-electron chi connectivity index (χ2n) is 9.92. The second kappa shape index (κ2) is 12.2. The number of nitrogens with one attached hydrogen (secondary N) is 1. The van der Waals surface area contributed by atoms with E-state index in [0.717, 1.165) is 40.1 Å². The van der Waals surface area contributed by atoms with Crippen molar-refractivity contribution in [2.24, 2.45) is 0 Å². The van der Waals surface area contributed by atoms with Crippen molar-refractivity contribution in [3.05, 3.63) is 136 Å². The average Bonchev–Trinajstić information content (AvgIpc) is 2.96. The molecule has 1 atom stereocenters. The summed E-state index contributed by atoms with van der Waals surface area (Å²) in [6, 6.07) is 34.0. The molecule has 4 aromatic carbocycles. The molecule has 0 spiro atoms. The third kappa shape index (κ3) is 6.50. The number of amides is 2. The van der Waals surface area contributed by atoms with Crippen LogP contribution in [0.15, 0.2) is 113 Å². The molecule has 0 radical (unpaired) electrons. The lowest BCUT2D eigenvalue weighted by atomic mass is 10.1. The summed E-state index contributed by atoms with van der Waals surface area (Å²) in [6.45, 7) is 4.62. The maximum atomic E-state index is 13.6. The van der Waals surface area contributed by atoms with E-state index in [4.69, 9.17) is 0 Å². The molecule has 1 aliphatic rings. The molecule has 0 bridgehead atoms. The van der Waals surface area contributed by atoms with Gasteiger partial charge in [0.05, 0.1) is 17.1 Å². The van der Waals surface area contributed by atoms with Gasteiger partial charge in [0.2, 0.25) is 0 Å². The maximum absolute atomic E-state index is 13.6. The summed E-state index contributed by atoms with van der Waals surface area (Å²) >= 11 is 1.49. The van der Waals surface area contributed by atoms with Crippen molar-refractivity contribution < 1.29 is 9.59 Å². The average molecular weight is 533 g/mol. The fourth-order valence-corrected chi connectivity index (χ4v) is 5.73. The highest BCUT2D eigenvalue weighted by Gasteiger charge is 2.29. The Balaban J connectivity index is 1.28. The van der Waals surface area contributed by atoms with Gasteiger partial charge < -0.3 is 10.2 Å². The van der Waals surface area contributed by atoms with Crippen LogP contribution >= 0.6 is 11.8 Å². The van der Waals surface area contributed by atoms with Gasteiger partial charge in [-0.25, -0.2) is 0 Å². The molecule has 5 heteroatoms. The molecule has 5 rings (SSSR count). The number of fused-ring (bicyclic) bond motifs is 1. The molecule has 2 amide bonds. The number of nitrogens with zero attached hydrogens (tertiary/aromatic N) is 1. The number of para-hydroxylation sites is 1. The molecule has 4 aromatic rings. The monoisotopic (exact) mass is 532 g/mol. The summed E-state index contributed by atoms with van der Waals surface area (Å²) < 4.78 is 0. The van der Waals surface area contributed by atoms with E-state index >= 15 is 0 Å². The first-order chi connectivity index (χ1) is 19.0. The van der Waals surface area contributed by atoms with E-state index < -0.39 is 0 Å². The molecule has 0 aromatic heterocycles. The number of carbonyl (C=O) groups excluding carboxylic acids is 2. The highest BCUT2D eigenvalue weighted by molar-refractivity contribution is 8.04. The van der Waals surface area contributed by atoms with E-state index in [1.165, 1.54) is 17.3 Å². The molecule has 196 valence electrons. The number of benzene rings is 4. The molecule has 0 saturated carbocycles. The SMILES string of the molecule is Cc1ccccc1CN1C(=O)/C(=C\c2ccc(C(=O)N[C@H](C)CCc3ccccc3)cc2)Sc2ccccc21. The predicted molar refractivity (Wildman–Crippen MR) is 161 cm³/mol. The lowest BCUT2D eigenvalue weighted by Crippen LogP contribution is -2.34. The quantitative estimate of drug-likeness (QED) is 0.240. The van der Waals surface area contributed by atoms with Crippen molar-refractivity contribution in [2.45, 2.75) is 44.2 Å². The van der Waals surface area contributed by atoms with Gasteiger partial charge >= 0.3 is 0 Å². The number of aryl methyl sites for hydroxylation is 2. The Morgan fingerprint density at radius 3 is 2.36 bits per heavy atom. The Kier molecular flexibility index (Phi) is 8.28. The molecule has 39 heavy (non-hydrogen) atoms. The number of thioether (sulfide) groups is 1. The predicted octanol–water partition coefficient (Wildman–Crippen LogP) is 7.43. The van der Waals surface area contributed by atoms with Gasteiger partial charge in [-0.2, -0.15) is 0 Å². The fourth-order valence-electron chi connectivity index (χ4n) is 4.67. The largest absolute Gasteiger partial charge is 0.350 e. The van der Waals surface area contributed by atoms with Crippen LogP contribution in [0.3, 0.4) is 0 Å². The Hall–Kier alpha value is -4.09. The Bertz CT molecular complexity index is 1500. The molecule has 0 saturated heterocycles. The van der Waals surface area contributed by atoms with E-state index in [0.29, 0.717) is 17.0 Å². The summed E-state index contributed by atoms with van der Waals surface area (Å²) in [5.41, 5.74) is 5.98. The number of hydrogen-bond acceptors (Lipinski definition) is 3. The topological polar surface area (TPSA) is 49.4 Å². The first-order valence-corrected chi connectivity index (χ1v) is 14.1. The van der Waals surface area contributed by atoms with Crippen LogP contribution in [-0.4, -0.2) is 17.9 Å². The zero-order valence-electron chi connectivity index (χ0n) is 22.3. The summed E-state index contributed by atoms with van der Waals surface area (Å²) in [6.07, 6.45) is 3.71. The van der Waals surface area contributed by atoms with Crippen LogP contribution in [0.1, 0.15) is 46.0 Å². The molecular formula is C34H32N2O2S. The third-order valence-electron chi connectivity index (χ3n) is 6.98. The molecule has 4 nitrogen and oxygen atoms in total. The minimum absolute atomic E-state index is 0.0176. The van der Waals surface area contributed by atoms with Crippen molar-refractivity contribution in [3.8, 4) is 0 Å². The van der Waals surface area contributed by atoms with Crippen LogP contribution in [-0.2, 0) is 17.8 Å². The lowest BCUT2D eigenvalue weighted by Gasteiger charge is -2.31. The van der Waals surface area contributed by atoms with Gasteiger partial charge in [0.15, 0.2) is 0 Å². The van der Waals surface area contributed by atoms with Gasteiger partial charge in [-0.1, -0.05) is 90.6 Å². The van der Waals surface area contributed by atoms with Crippen molar-refractivity contribution in [1.29, 1.82) is 0 Å². The van der Waals surface area contributed by atoms with E-state index in [1.807, 2.05) is 90.7 Å². The van der Waals surface area contributed by atoms with Crippen LogP contribution in [0.5, 0.6) is 0 Å². The van der Waals surface area contributed by atoms with Gasteiger partial charge in [-0.15, -0.1) is 0 Å². The number of hydrogen-bond donors (Lipinski definition) is 1. The zero-order valence-corrected chi connectivity index (χ0v) is 23.1. The van der Waals surface area contributed by atoms with Crippen molar-refractivity contribution in [1.82, 2.24) is 5.32 Å². The summed E-state index contributed by atoms with van der Waals surface area (Å²) in [5, 5.41) is 3.10. The smallest absolute Gasteiger partial charge is 0.265 e. The van der Waals surface area contributed by atoms with E-state index in [-0.39, 0.29) is 17.9 Å². The minimum Gasteiger partial charge on any atom is -0.350 e. The number of rotatable bonds is 8. The molecule has 0 unspecified atom stereocenters.